The highest BCUT2D eigenvalue weighted by atomic mass is 16.5. The number of ether oxygens (including phenoxy) is 1. The average molecular weight is 128 g/mol. The predicted octanol–water partition coefficient (Wildman–Crippen LogP) is 1.17. The first-order valence-electron chi connectivity index (χ1n) is 2.98. The van der Waals surface area contributed by atoms with Crippen molar-refractivity contribution in [2.75, 3.05) is 13.7 Å². The maximum Gasteiger partial charge on any atom is 0.148 e. The molecule has 0 aromatic carbocycles. The Bertz CT molecular complexity index is 105. The van der Waals surface area contributed by atoms with Crippen LogP contribution >= 0.6 is 0 Å². The standard InChI is InChI=1S/C7H12O2/c1-3-4-7(5-8)6-9-2/h4-5H,3,6H2,1-2H3/b7-4-. The lowest BCUT2D eigenvalue weighted by atomic mass is 10.2. The van der Waals surface area contributed by atoms with Crippen LogP contribution in [0.1, 0.15) is 13.3 Å². The van der Waals surface area contributed by atoms with Crippen LogP contribution in [0.25, 0.3) is 0 Å². The van der Waals surface area contributed by atoms with Crippen molar-refractivity contribution >= 4 is 6.29 Å². The molecular weight excluding hydrogens is 116 g/mol. The smallest absolute Gasteiger partial charge is 0.148 e. The van der Waals surface area contributed by atoms with E-state index in [-0.39, 0.29) is 0 Å². The van der Waals surface area contributed by atoms with Crippen molar-refractivity contribution in [1.82, 2.24) is 0 Å². The molecule has 52 valence electrons. The fourth-order valence-corrected chi connectivity index (χ4v) is 0.570. The Balaban J connectivity index is 3.66. The summed E-state index contributed by atoms with van der Waals surface area (Å²) in [7, 11) is 1.58. The van der Waals surface area contributed by atoms with E-state index in [1.54, 1.807) is 7.11 Å². The monoisotopic (exact) mass is 128 g/mol. The third-order valence-corrected chi connectivity index (χ3v) is 0.929. The van der Waals surface area contributed by atoms with Crippen molar-refractivity contribution < 1.29 is 9.53 Å². The number of carbonyl (C=O) groups excluding carboxylic acids is 1. The van der Waals surface area contributed by atoms with Gasteiger partial charge < -0.3 is 4.74 Å². The van der Waals surface area contributed by atoms with Crippen molar-refractivity contribution in [2.24, 2.45) is 0 Å². The van der Waals surface area contributed by atoms with E-state index in [0.29, 0.717) is 6.61 Å². The Hall–Kier alpha value is -0.630. The summed E-state index contributed by atoms with van der Waals surface area (Å²) in [5, 5.41) is 0. The molecule has 2 nitrogen and oxygen atoms in total. The van der Waals surface area contributed by atoms with Gasteiger partial charge in [-0.15, -0.1) is 0 Å². The first-order valence-corrected chi connectivity index (χ1v) is 2.98. The maximum atomic E-state index is 10.1. The molecule has 0 aliphatic rings. The normalized spacial score (nSPS) is 11.6. The van der Waals surface area contributed by atoms with E-state index >= 15 is 0 Å². The minimum atomic E-state index is 0.428. The SMILES string of the molecule is CC/C=C(/C=O)COC. The fraction of sp³-hybridized carbons (Fsp3) is 0.571. The molecule has 0 radical (unpaired) electrons. The molecule has 0 fully saturated rings. The van der Waals surface area contributed by atoms with Crippen LogP contribution in [0.2, 0.25) is 0 Å². The van der Waals surface area contributed by atoms with Crippen molar-refractivity contribution in [2.45, 2.75) is 13.3 Å². The molecule has 0 aromatic rings. The maximum absolute atomic E-state index is 10.1. The van der Waals surface area contributed by atoms with Crippen LogP contribution in [0.15, 0.2) is 11.6 Å². The van der Waals surface area contributed by atoms with E-state index in [0.717, 1.165) is 18.3 Å². The van der Waals surface area contributed by atoms with Gasteiger partial charge in [0.25, 0.3) is 0 Å². The molecule has 2 heteroatoms. The molecule has 0 saturated carbocycles. The van der Waals surface area contributed by atoms with Gasteiger partial charge >= 0.3 is 0 Å². The summed E-state index contributed by atoms with van der Waals surface area (Å²) in [5.74, 6) is 0. The summed E-state index contributed by atoms with van der Waals surface area (Å²) in [6.45, 7) is 2.41. The topological polar surface area (TPSA) is 26.3 Å². The zero-order chi connectivity index (χ0) is 7.11. The number of rotatable bonds is 4. The third kappa shape index (κ3) is 3.91. The van der Waals surface area contributed by atoms with Gasteiger partial charge in [0.15, 0.2) is 0 Å². The Morgan fingerprint density at radius 3 is 2.67 bits per heavy atom. The Labute approximate surface area is 55.5 Å². The number of hydrogen-bond acceptors (Lipinski definition) is 2. The lowest BCUT2D eigenvalue weighted by Crippen LogP contribution is -1.94. The Morgan fingerprint density at radius 2 is 2.33 bits per heavy atom. The van der Waals surface area contributed by atoms with Crippen LogP contribution in [0, 0.1) is 0 Å². The van der Waals surface area contributed by atoms with Crippen molar-refractivity contribution in [3.63, 3.8) is 0 Å². The van der Waals surface area contributed by atoms with Crippen LogP contribution < -0.4 is 0 Å². The highest BCUT2D eigenvalue weighted by Gasteiger charge is 1.89. The zero-order valence-corrected chi connectivity index (χ0v) is 5.89. The number of hydrogen-bond donors (Lipinski definition) is 0. The van der Waals surface area contributed by atoms with Gasteiger partial charge in [-0.05, 0) is 6.42 Å². The second-order valence-corrected chi connectivity index (χ2v) is 1.74. The molecule has 0 amide bonds. The highest BCUT2D eigenvalue weighted by Crippen LogP contribution is 1.91. The largest absolute Gasteiger partial charge is 0.380 e. The van der Waals surface area contributed by atoms with Gasteiger partial charge in [0.2, 0.25) is 0 Å². The molecule has 0 rings (SSSR count). The lowest BCUT2D eigenvalue weighted by molar-refractivity contribution is -0.105. The minimum Gasteiger partial charge on any atom is -0.380 e. The molecule has 0 aromatic heterocycles. The first kappa shape index (κ1) is 8.37. The highest BCUT2D eigenvalue weighted by molar-refractivity contribution is 5.73. The molecule has 0 bridgehead atoms. The van der Waals surface area contributed by atoms with Crippen LogP contribution in [0.4, 0.5) is 0 Å². The molecule has 0 spiro atoms. The number of methoxy groups -OCH3 is 1. The molecule has 0 heterocycles. The minimum absolute atomic E-state index is 0.428. The predicted molar refractivity (Wildman–Crippen MR) is 36.3 cm³/mol. The van der Waals surface area contributed by atoms with Crippen LogP contribution in [0.5, 0.6) is 0 Å². The van der Waals surface area contributed by atoms with E-state index in [1.165, 1.54) is 0 Å². The second kappa shape index (κ2) is 5.51. The van der Waals surface area contributed by atoms with E-state index < -0.39 is 0 Å². The van der Waals surface area contributed by atoms with Gasteiger partial charge in [0.05, 0.1) is 6.61 Å². The number of allylic oxidation sites excluding steroid dienone is 1. The van der Waals surface area contributed by atoms with Gasteiger partial charge in [-0.2, -0.15) is 0 Å². The molecule has 0 aliphatic carbocycles. The summed E-state index contributed by atoms with van der Waals surface area (Å²) >= 11 is 0. The second-order valence-electron chi connectivity index (χ2n) is 1.74. The van der Waals surface area contributed by atoms with E-state index in [1.807, 2.05) is 13.0 Å². The lowest BCUT2D eigenvalue weighted by Gasteiger charge is -1.94. The fourth-order valence-electron chi connectivity index (χ4n) is 0.570. The number of carbonyl (C=O) groups is 1. The quantitative estimate of drug-likeness (QED) is 0.419. The number of aldehydes is 1. The van der Waals surface area contributed by atoms with E-state index in [9.17, 15) is 4.79 Å². The summed E-state index contributed by atoms with van der Waals surface area (Å²) in [5.41, 5.74) is 0.722. The van der Waals surface area contributed by atoms with Gasteiger partial charge in [0.1, 0.15) is 6.29 Å². The zero-order valence-electron chi connectivity index (χ0n) is 5.89. The molecule has 0 N–H and O–H groups in total. The van der Waals surface area contributed by atoms with E-state index in [4.69, 9.17) is 4.74 Å². The molecule has 9 heavy (non-hydrogen) atoms. The van der Waals surface area contributed by atoms with Gasteiger partial charge in [-0.1, -0.05) is 13.0 Å². The summed E-state index contributed by atoms with van der Waals surface area (Å²) in [4.78, 5) is 10.1. The van der Waals surface area contributed by atoms with Crippen LogP contribution in [-0.4, -0.2) is 20.0 Å². The van der Waals surface area contributed by atoms with Crippen LogP contribution in [0.3, 0.4) is 0 Å². The van der Waals surface area contributed by atoms with Crippen molar-refractivity contribution in [3.8, 4) is 0 Å². The third-order valence-electron chi connectivity index (χ3n) is 0.929. The molecule has 0 unspecified atom stereocenters. The molecular formula is C7H12O2. The van der Waals surface area contributed by atoms with Crippen LogP contribution in [-0.2, 0) is 9.53 Å². The molecule has 0 atom stereocenters. The molecule has 0 saturated heterocycles. The van der Waals surface area contributed by atoms with Gasteiger partial charge in [-0.3, -0.25) is 4.79 Å². The Kier molecular flexibility index (Phi) is 5.12. The summed E-state index contributed by atoms with van der Waals surface area (Å²) < 4.78 is 4.75. The van der Waals surface area contributed by atoms with Gasteiger partial charge in [-0.25, -0.2) is 0 Å². The Morgan fingerprint density at radius 1 is 1.67 bits per heavy atom. The van der Waals surface area contributed by atoms with Crippen molar-refractivity contribution in [3.05, 3.63) is 11.6 Å². The first-order chi connectivity index (χ1) is 4.35. The summed E-state index contributed by atoms with van der Waals surface area (Å²) in [6.07, 6.45) is 3.57. The summed E-state index contributed by atoms with van der Waals surface area (Å²) in [6, 6.07) is 0. The van der Waals surface area contributed by atoms with Gasteiger partial charge in [0, 0.05) is 12.7 Å². The van der Waals surface area contributed by atoms with Crippen molar-refractivity contribution in [1.29, 1.82) is 0 Å². The van der Waals surface area contributed by atoms with E-state index in [2.05, 4.69) is 0 Å². The molecule has 0 aliphatic heterocycles. The average Bonchev–Trinajstić information content (AvgIpc) is 1.88.